The molecule has 0 amide bonds. The van der Waals surface area contributed by atoms with Crippen LogP contribution in [0, 0.1) is 11.3 Å². The van der Waals surface area contributed by atoms with Crippen LogP contribution < -0.4 is 4.80 Å². The van der Waals surface area contributed by atoms with E-state index in [9.17, 15) is 4.79 Å². The van der Waals surface area contributed by atoms with Crippen LogP contribution in [0.4, 0.5) is 5.69 Å². The Morgan fingerprint density at radius 1 is 1.28 bits per heavy atom. The average Bonchev–Trinajstić information content (AvgIpc) is 3.04. The van der Waals surface area contributed by atoms with Gasteiger partial charge in [-0.25, -0.2) is 9.79 Å². The lowest BCUT2D eigenvalue weighted by atomic mass is 10.1. The van der Waals surface area contributed by atoms with Gasteiger partial charge in [0.2, 0.25) is 0 Å². The average molecular weight is 349 g/mol. The number of thiazole rings is 1. The first-order valence-electron chi connectivity index (χ1n) is 7.69. The lowest BCUT2D eigenvalue weighted by molar-refractivity contribution is 0.0697. The number of hydrogen-bond donors (Lipinski definition) is 1. The van der Waals surface area contributed by atoms with E-state index in [1.54, 1.807) is 30.3 Å². The molecule has 0 aliphatic carbocycles. The van der Waals surface area contributed by atoms with E-state index in [1.807, 2.05) is 30.5 Å². The Hall–Kier alpha value is -3.17. The van der Waals surface area contributed by atoms with E-state index in [1.165, 1.54) is 11.3 Å². The number of nitrogens with zero attached hydrogens (tertiary/aromatic N) is 3. The number of rotatable bonds is 4. The minimum atomic E-state index is -0.953. The molecule has 1 heterocycles. The molecule has 6 heteroatoms. The summed E-state index contributed by atoms with van der Waals surface area (Å²) in [5.74, 6) is -0.953. The highest BCUT2D eigenvalue weighted by Crippen LogP contribution is 2.22. The first-order chi connectivity index (χ1) is 12.1. The number of carboxylic acids is 1. The van der Waals surface area contributed by atoms with Crippen LogP contribution in [0.2, 0.25) is 0 Å². The van der Waals surface area contributed by atoms with Gasteiger partial charge in [0.15, 0.2) is 4.80 Å². The lowest BCUT2D eigenvalue weighted by Crippen LogP contribution is -2.14. The van der Waals surface area contributed by atoms with Crippen LogP contribution in [0.1, 0.15) is 22.8 Å². The van der Waals surface area contributed by atoms with Gasteiger partial charge in [0.05, 0.1) is 28.6 Å². The Kier molecular flexibility index (Phi) is 4.78. The summed E-state index contributed by atoms with van der Waals surface area (Å²) in [6, 6.07) is 16.1. The fraction of sp³-hybridized carbons (Fsp3) is 0.105. The Bertz CT molecular complexity index is 1020. The van der Waals surface area contributed by atoms with Crippen LogP contribution >= 0.6 is 11.3 Å². The maximum atomic E-state index is 10.9. The predicted molar refractivity (Wildman–Crippen MR) is 96.8 cm³/mol. The van der Waals surface area contributed by atoms with Gasteiger partial charge in [0.1, 0.15) is 0 Å². The van der Waals surface area contributed by atoms with Gasteiger partial charge in [-0.1, -0.05) is 12.1 Å². The molecule has 0 aliphatic rings. The Morgan fingerprint density at radius 2 is 2.04 bits per heavy atom. The molecule has 0 aliphatic heterocycles. The summed E-state index contributed by atoms with van der Waals surface area (Å²) < 4.78 is 2.08. The molecule has 5 nitrogen and oxygen atoms in total. The summed E-state index contributed by atoms with van der Waals surface area (Å²) in [6.07, 6.45) is 0. The van der Waals surface area contributed by atoms with E-state index in [0.717, 1.165) is 22.6 Å². The van der Waals surface area contributed by atoms with Crippen molar-refractivity contribution >= 4 is 23.0 Å². The summed E-state index contributed by atoms with van der Waals surface area (Å²) in [4.78, 5) is 16.4. The smallest absolute Gasteiger partial charge is 0.335 e. The molecular formula is C19H15N3O2S. The second-order valence-electron chi connectivity index (χ2n) is 5.30. The molecule has 0 saturated heterocycles. The number of hydrogen-bond acceptors (Lipinski definition) is 4. The molecule has 3 aromatic rings. The monoisotopic (exact) mass is 349 g/mol. The van der Waals surface area contributed by atoms with Crippen molar-refractivity contribution in [1.29, 1.82) is 5.26 Å². The van der Waals surface area contributed by atoms with Gasteiger partial charge >= 0.3 is 5.97 Å². The number of carbonyl (C=O) groups is 1. The number of nitriles is 1. The first kappa shape index (κ1) is 16.7. The van der Waals surface area contributed by atoms with Crippen molar-refractivity contribution in [2.45, 2.75) is 13.5 Å². The Morgan fingerprint density at radius 3 is 2.68 bits per heavy atom. The minimum Gasteiger partial charge on any atom is -0.478 e. The van der Waals surface area contributed by atoms with Gasteiger partial charge < -0.3 is 9.67 Å². The van der Waals surface area contributed by atoms with Gasteiger partial charge in [-0.05, 0) is 43.3 Å². The fourth-order valence-electron chi connectivity index (χ4n) is 2.49. The van der Waals surface area contributed by atoms with E-state index < -0.39 is 5.97 Å². The van der Waals surface area contributed by atoms with Crippen molar-refractivity contribution in [1.82, 2.24) is 4.57 Å². The maximum Gasteiger partial charge on any atom is 0.335 e. The topological polar surface area (TPSA) is 78.4 Å². The number of benzene rings is 2. The molecule has 25 heavy (non-hydrogen) atoms. The van der Waals surface area contributed by atoms with Crippen molar-refractivity contribution in [3.05, 3.63) is 69.8 Å². The van der Waals surface area contributed by atoms with Crippen LogP contribution in [-0.4, -0.2) is 15.6 Å². The van der Waals surface area contributed by atoms with E-state index in [-0.39, 0.29) is 5.56 Å². The zero-order valence-electron chi connectivity index (χ0n) is 13.5. The lowest BCUT2D eigenvalue weighted by Gasteiger charge is -2.06. The van der Waals surface area contributed by atoms with Crippen LogP contribution in [0.3, 0.4) is 0 Å². The largest absolute Gasteiger partial charge is 0.478 e. The van der Waals surface area contributed by atoms with Crippen LogP contribution in [0.15, 0.2) is 58.9 Å². The third kappa shape index (κ3) is 3.52. The SMILES string of the molecule is CCn1c(-c2cccc(C#N)c2)cs/c1=N\c1ccc(C(=O)O)cc1. The number of aromatic nitrogens is 1. The standard InChI is InChI=1S/C19H15N3O2S/c1-2-22-17(15-5-3-4-13(10-15)11-20)12-25-19(22)21-16-8-6-14(7-9-16)18(23)24/h3-10,12H,2H2,1H3,(H,23,24)/b21-19-. The molecule has 0 saturated carbocycles. The molecule has 3 rings (SSSR count). The van der Waals surface area contributed by atoms with Crippen molar-refractivity contribution < 1.29 is 9.90 Å². The molecule has 0 fully saturated rings. The van der Waals surface area contributed by atoms with Crippen molar-refractivity contribution in [3.8, 4) is 17.3 Å². The van der Waals surface area contributed by atoms with Crippen molar-refractivity contribution in [2.24, 2.45) is 4.99 Å². The summed E-state index contributed by atoms with van der Waals surface area (Å²) in [7, 11) is 0. The van der Waals surface area contributed by atoms with Gasteiger partial charge in [-0.15, -0.1) is 11.3 Å². The van der Waals surface area contributed by atoms with Gasteiger partial charge in [0, 0.05) is 17.5 Å². The highest BCUT2D eigenvalue weighted by atomic mass is 32.1. The summed E-state index contributed by atoms with van der Waals surface area (Å²) in [5, 5.41) is 20.1. The molecule has 1 N–H and O–H groups in total. The summed E-state index contributed by atoms with van der Waals surface area (Å²) >= 11 is 1.51. The number of carboxylic acid groups (broad SMARTS) is 1. The molecule has 2 aromatic carbocycles. The number of aromatic carboxylic acids is 1. The second kappa shape index (κ2) is 7.16. The first-order valence-corrected chi connectivity index (χ1v) is 8.57. The van der Waals surface area contributed by atoms with E-state index in [0.29, 0.717) is 11.3 Å². The Balaban J connectivity index is 2.05. The molecule has 0 spiro atoms. The third-order valence-corrected chi connectivity index (χ3v) is 4.60. The summed E-state index contributed by atoms with van der Waals surface area (Å²) in [6.45, 7) is 2.78. The van der Waals surface area contributed by atoms with Crippen LogP contribution in [-0.2, 0) is 6.54 Å². The van der Waals surface area contributed by atoms with E-state index in [2.05, 4.69) is 15.6 Å². The zero-order chi connectivity index (χ0) is 17.8. The van der Waals surface area contributed by atoms with Gasteiger partial charge in [-0.2, -0.15) is 5.26 Å². The molecular weight excluding hydrogens is 334 g/mol. The maximum absolute atomic E-state index is 10.9. The van der Waals surface area contributed by atoms with Crippen molar-refractivity contribution in [2.75, 3.05) is 0 Å². The fourth-order valence-corrected chi connectivity index (χ4v) is 3.49. The van der Waals surface area contributed by atoms with E-state index in [4.69, 9.17) is 10.4 Å². The second-order valence-corrected chi connectivity index (χ2v) is 6.14. The molecule has 1 aromatic heterocycles. The molecule has 124 valence electrons. The molecule has 0 atom stereocenters. The van der Waals surface area contributed by atoms with E-state index >= 15 is 0 Å². The molecule has 0 unspecified atom stereocenters. The van der Waals surface area contributed by atoms with Crippen LogP contribution in [0.5, 0.6) is 0 Å². The minimum absolute atomic E-state index is 0.238. The highest BCUT2D eigenvalue weighted by molar-refractivity contribution is 7.07. The predicted octanol–water partition coefficient (Wildman–Crippen LogP) is 4.04. The summed E-state index contributed by atoms with van der Waals surface area (Å²) in [5.41, 5.74) is 3.54. The van der Waals surface area contributed by atoms with Gasteiger partial charge in [0.25, 0.3) is 0 Å². The third-order valence-electron chi connectivity index (χ3n) is 3.74. The molecule has 0 bridgehead atoms. The quantitative estimate of drug-likeness (QED) is 0.772. The Labute approximate surface area is 148 Å². The normalized spacial score (nSPS) is 11.3. The zero-order valence-corrected chi connectivity index (χ0v) is 14.3. The molecule has 0 radical (unpaired) electrons. The van der Waals surface area contributed by atoms with Gasteiger partial charge in [-0.3, -0.25) is 0 Å². The highest BCUT2D eigenvalue weighted by Gasteiger charge is 2.08. The van der Waals surface area contributed by atoms with Crippen molar-refractivity contribution in [3.63, 3.8) is 0 Å². The van der Waals surface area contributed by atoms with Crippen LogP contribution in [0.25, 0.3) is 11.3 Å².